The fourth-order valence-corrected chi connectivity index (χ4v) is 5.48. The van der Waals surface area contributed by atoms with Gasteiger partial charge in [0.05, 0.1) is 40.7 Å². The molecule has 5 rings (SSSR count). The number of rotatable bonds is 8. The minimum absolute atomic E-state index is 0.00281. The molecule has 1 amide bonds. The topological polar surface area (TPSA) is 92.3 Å². The third kappa shape index (κ3) is 5.71. The number of nitrogens with zero attached hydrogens (tertiary/aromatic N) is 4. The van der Waals surface area contributed by atoms with Crippen molar-refractivity contribution in [2.45, 2.75) is 30.7 Å². The second-order valence-electron chi connectivity index (χ2n) is 8.98. The molecule has 10 heteroatoms. The second kappa shape index (κ2) is 10.8. The Kier molecular flexibility index (Phi) is 7.40. The Bertz CT molecular complexity index is 1230. The Labute approximate surface area is 208 Å². The van der Waals surface area contributed by atoms with Gasteiger partial charge in [0, 0.05) is 31.3 Å². The molecule has 184 valence electrons. The molecule has 0 spiro atoms. The normalized spacial score (nSPS) is 18.3. The van der Waals surface area contributed by atoms with Crippen LogP contribution in [0.25, 0.3) is 11.0 Å². The summed E-state index contributed by atoms with van der Waals surface area (Å²) in [4.78, 5) is 28.3. The molecular formula is C25H29FN6O2S. The monoisotopic (exact) mass is 496 g/mol. The van der Waals surface area contributed by atoms with E-state index in [-0.39, 0.29) is 11.7 Å². The van der Waals surface area contributed by atoms with Gasteiger partial charge in [0.15, 0.2) is 0 Å². The zero-order valence-electron chi connectivity index (χ0n) is 19.7. The molecule has 0 aromatic carbocycles. The lowest BCUT2D eigenvalue weighted by atomic mass is 9.97. The van der Waals surface area contributed by atoms with E-state index in [0.717, 1.165) is 43.2 Å². The van der Waals surface area contributed by atoms with Gasteiger partial charge in [-0.3, -0.25) is 9.78 Å². The maximum absolute atomic E-state index is 14.6. The van der Waals surface area contributed by atoms with Crippen LogP contribution in [-0.2, 0) is 17.8 Å². The van der Waals surface area contributed by atoms with Gasteiger partial charge in [-0.1, -0.05) is 0 Å². The van der Waals surface area contributed by atoms with Crippen molar-refractivity contribution in [1.82, 2.24) is 25.2 Å². The van der Waals surface area contributed by atoms with Crippen LogP contribution < -0.4 is 15.4 Å². The van der Waals surface area contributed by atoms with Gasteiger partial charge in [-0.2, -0.15) is 0 Å². The van der Waals surface area contributed by atoms with Gasteiger partial charge in [0.25, 0.3) is 0 Å². The second-order valence-corrected chi connectivity index (χ2v) is 10.00. The van der Waals surface area contributed by atoms with E-state index in [1.165, 1.54) is 24.4 Å². The van der Waals surface area contributed by atoms with Crippen LogP contribution in [0.3, 0.4) is 0 Å². The van der Waals surface area contributed by atoms with E-state index in [0.29, 0.717) is 52.9 Å². The number of carbonyl (C=O) groups is 1. The number of hydrogen-bond donors (Lipinski definition) is 2. The van der Waals surface area contributed by atoms with Crippen LogP contribution in [0, 0.1) is 11.7 Å². The van der Waals surface area contributed by atoms with Gasteiger partial charge in [-0.05, 0) is 56.5 Å². The summed E-state index contributed by atoms with van der Waals surface area (Å²) in [6.07, 6.45) is 4.15. The zero-order chi connectivity index (χ0) is 24.2. The maximum Gasteiger partial charge on any atom is 0.235 e. The highest BCUT2D eigenvalue weighted by Gasteiger charge is 2.21. The Hall–Kier alpha value is -2.82. The largest absolute Gasteiger partial charge is 0.481 e. The van der Waals surface area contributed by atoms with Crippen LogP contribution in [-0.4, -0.2) is 64.8 Å². The minimum Gasteiger partial charge on any atom is -0.481 e. The SMILES string of the molecule is COc1ccc2ncc(F)c(CCN3CCC[C@H](CNCc4ccc5c(n4)NC(=O)CS5)C3)c2n1. The van der Waals surface area contributed by atoms with Crippen LogP contribution in [0.15, 0.2) is 35.4 Å². The summed E-state index contributed by atoms with van der Waals surface area (Å²) >= 11 is 1.52. The number of halogens is 1. The predicted octanol–water partition coefficient (Wildman–Crippen LogP) is 3.26. The molecule has 5 heterocycles. The van der Waals surface area contributed by atoms with Crippen LogP contribution in [0.5, 0.6) is 5.88 Å². The number of methoxy groups -OCH3 is 1. The van der Waals surface area contributed by atoms with E-state index >= 15 is 0 Å². The Balaban J connectivity index is 1.14. The molecule has 1 atom stereocenters. The number of hydrogen-bond acceptors (Lipinski definition) is 8. The average Bonchev–Trinajstić information content (AvgIpc) is 2.88. The van der Waals surface area contributed by atoms with Gasteiger partial charge < -0.3 is 20.3 Å². The van der Waals surface area contributed by atoms with Crippen LogP contribution >= 0.6 is 11.8 Å². The molecule has 35 heavy (non-hydrogen) atoms. The first-order valence-electron chi connectivity index (χ1n) is 11.9. The Morgan fingerprint density at radius 1 is 1.29 bits per heavy atom. The van der Waals surface area contributed by atoms with Crippen LogP contribution in [0.2, 0.25) is 0 Å². The number of pyridine rings is 3. The molecule has 2 N–H and O–H groups in total. The number of likely N-dealkylation sites (tertiary alicyclic amines) is 1. The van der Waals surface area contributed by atoms with E-state index in [1.54, 1.807) is 13.2 Å². The fourth-order valence-electron chi connectivity index (χ4n) is 4.73. The Morgan fingerprint density at radius 2 is 2.20 bits per heavy atom. The van der Waals surface area contributed by atoms with Crippen LogP contribution in [0.4, 0.5) is 10.2 Å². The van der Waals surface area contributed by atoms with Gasteiger partial charge in [0.2, 0.25) is 11.8 Å². The van der Waals surface area contributed by atoms with Crippen molar-refractivity contribution >= 4 is 34.5 Å². The smallest absolute Gasteiger partial charge is 0.235 e. The lowest BCUT2D eigenvalue weighted by Gasteiger charge is -2.33. The van der Waals surface area contributed by atoms with Gasteiger partial charge >= 0.3 is 0 Å². The summed E-state index contributed by atoms with van der Waals surface area (Å²) in [6.45, 7) is 4.31. The zero-order valence-corrected chi connectivity index (χ0v) is 20.5. The first kappa shape index (κ1) is 23.9. The standard InChI is InChI=1S/C25H29FN6O2S/c1-34-23-7-5-20-24(31-23)18(19(26)13-28-20)8-10-32-9-2-3-16(14-32)11-27-12-17-4-6-21-25(29-17)30-22(33)15-35-21/h4-7,13,16,27H,2-3,8-12,14-15H2,1H3,(H,29,30,33)/t16-/m1/s1. The third-order valence-electron chi connectivity index (χ3n) is 6.50. The lowest BCUT2D eigenvalue weighted by molar-refractivity contribution is -0.113. The highest BCUT2D eigenvalue weighted by molar-refractivity contribution is 8.00. The number of carbonyl (C=O) groups excluding carboxylic acids is 1. The number of thioether (sulfide) groups is 1. The molecular weight excluding hydrogens is 467 g/mol. The molecule has 0 unspecified atom stereocenters. The van der Waals surface area contributed by atoms with Gasteiger partial charge in [0.1, 0.15) is 11.6 Å². The van der Waals surface area contributed by atoms with E-state index in [1.807, 2.05) is 18.2 Å². The van der Waals surface area contributed by atoms with Crippen molar-refractivity contribution in [3.05, 3.63) is 47.5 Å². The summed E-state index contributed by atoms with van der Waals surface area (Å²) in [6, 6.07) is 7.60. The summed E-state index contributed by atoms with van der Waals surface area (Å²) in [7, 11) is 1.56. The first-order chi connectivity index (χ1) is 17.1. The molecule has 0 bridgehead atoms. The van der Waals surface area contributed by atoms with Crippen LogP contribution in [0.1, 0.15) is 24.1 Å². The third-order valence-corrected chi connectivity index (χ3v) is 7.55. The van der Waals surface area contributed by atoms with Crippen molar-refractivity contribution in [3.8, 4) is 5.88 Å². The summed E-state index contributed by atoms with van der Waals surface area (Å²) in [5.41, 5.74) is 2.77. The number of amides is 1. The minimum atomic E-state index is -0.319. The van der Waals surface area contributed by atoms with Crippen molar-refractivity contribution < 1.29 is 13.9 Å². The van der Waals surface area contributed by atoms with Crippen molar-refractivity contribution in [2.75, 3.05) is 44.4 Å². The number of ether oxygens (including phenoxy) is 1. The average molecular weight is 497 g/mol. The predicted molar refractivity (Wildman–Crippen MR) is 134 cm³/mol. The molecule has 0 radical (unpaired) electrons. The number of piperidine rings is 1. The van der Waals surface area contributed by atoms with Crippen molar-refractivity contribution in [3.63, 3.8) is 0 Å². The van der Waals surface area contributed by atoms with E-state index in [4.69, 9.17) is 4.74 Å². The number of fused-ring (bicyclic) bond motifs is 2. The molecule has 2 aliphatic rings. The summed E-state index contributed by atoms with van der Waals surface area (Å²) in [5, 5.41) is 6.38. The van der Waals surface area contributed by atoms with Gasteiger partial charge in [-0.25, -0.2) is 14.4 Å². The maximum atomic E-state index is 14.6. The molecule has 0 aliphatic carbocycles. The van der Waals surface area contributed by atoms with Gasteiger partial charge in [-0.15, -0.1) is 11.8 Å². The molecule has 1 fully saturated rings. The quantitative estimate of drug-likeness (QED) is 0.491. The highest BCUT2D eigenvalue weighted by atomic mass is 32.2. The molecule has 3 aromatic rings. The summed E-state index contributed by atoms with van der Waals surface area (Å²) < 4.78 is 19.9. The molecule has 0 saturated carbocycles. The summed E-state index contributed by atoms with van der Waals surface area (Å²) in [5.74, 6) is 1.77. The van der Waals surface area contributed by atoms with Crippen molar-refractivity contribution in [1.29, 1.82) is 0 Å². The molecule has 1 saturated heterocycles. The van der Waals surface area contributed by atoms with E-state index < -0.39 is 0 Å². The van der Waals surface area contributed by atoms with E-state index in [2.05, 4.69) is 30.5 Å². The van der Waals surface area contributed by atoms with E-state index in [9.17, 15) is 9.18 Å². The molecule has 2 aliphatic heterocycles. The first-order valence-corrected chi connectivity index (χ1v) is 12.9. The highest BCUT2D eigenvalue weighted by Crippen LogP contribution is 2.29. The number of nitrogens with one attached hydrogen (secondary N) is 2. The lowest BCUT2D eigenvalue weighted by Crippen LogP contribution is -2.40. The van der Waals surface area contributed by atoms with Crippen molar-refractivity contribution in [2.24, 2.45) is 5.92 Å². The Morgan fingerprint density at radius 3 is 3.09 bits per heavy atom. The number of anilines is 1. The molecule has 8 nitrogen and oxygen atoms in total. The molecule has 3 aromatic heterocycles. The number of aromatic nitrogens is 3. The fraction of sp³-hybridized carbons (Fsp3) is 0.440.